The van der Waals surface area contributed by atoms with E-state index in [0.29, 0.717) is 11.8 Å². The molecular weight excluding hydrogens is 312 g/mol. The number of carbonyl (C=O) groups is 1. The minimum Gasteiger partial charge on any atom is -0.493 e. The van der Waals surface area contributed by atoms with Gasteiger partial charge in [0.25, 0.3) is 0 Å². The predicted octanol–water partition coefficient (Wildman–Crippen LogP) is 2.73. The van der Waals surface area contributed by atoms with Crippen molar-refractivity contribution in [3.05, 3.63) is 30.3 Å². The van der Waals surface area contributed by atoms with Crippen LogP contribution in [0.5, 0.6) is 5.75 Å². The largest absolute Gasteiger partial charge is 0.493 e. The van der Waals surface area contributed by atoms with Crippen LogP contribution in [0.25, 0.3) is 0 Å². The fourth-order valence-corrected chi connectivity index (χ4v) is 3.38. The minimum atomic E-state index is 0. The highest BCUT2D eigenvalue weighted by atomic mass is 35.5. The molecule has 3 rings (SSSR count). The molecule has 1 N–H and O–H groups in total. The molecule has 0 atom stereocenters. The fourth-order valence-electron chi connectivity index (χ4n) is 3.38. The van der Waals surface area contributed by atoms with Crippen LogP contribution in [0.1, 0.15) is 25.7 Å². The quantitative estimate of drug-likeness (QED) is 0.917. The summed E-state index contributed by atoms with van der Waals surface area (Å²) in [4.78, 5) is 14.6. The van der Waals surface area contributed by atoms with E-state index >= 15 is 0 Å². The number of carbonyl (C=O) groups excluding carboxylic acids is 1. The van der Waals surface area contributed by atoms with Crippen molar-refractivity contribution in [1.82, 2.24) is 10.2 Å². The van der Waals surface area contributed by atoms with Crippen LogP contribution in [0.2, 0.25) is 0 Å². The standard InChI is InChI=1S/C18H26N2O2.ClH/c21-18(16-6-10-19-11-7-16)20-12-8-15(9-13-20)14-22-17-4-2-1-3-5-17;/h1-5,15-16,19H,6-14H2;1H. The molecule has 2 fully saturated rings. The molecule has 0 radical (unpaired) electrons. The van der Waals surface area contributed by atoms with E-state index < -0.39 is 0 Å². The summed E-state index contributed by atoms with van der Waals surface area (Å²) in [5.74, 6) is 2.13. The molecule has 1 aromatic rings. The Hall–Kier alpha value is -1.26. The monoisotopic (exact) mass is 338 g/mol. The second-order valence-corrected chi connectivity index (χ2v) is 6.42. The first-order chi connectivity index (χ1) is 10.8. The summed E-state index contributed by atoms with van der Waals surface area (Å²) in [7, 11) is 0. The first-order valence-electron chi connectivity index (χ1n) is 8.50. The van der Waals surface area contributed by atoms with Crippen LogP contribution in [0.3, 0.4) is 0 Å². The molecule has 0 aliphatic carbocycles. The number of nitrogens with one attached hydrogen (secondary N) is 1. The summed E-state index contributed by atoms with van der Waals surface area (Å²) < 4.78 is 5.85. The van der Waals surface area contributed by atoms with Crippen LogP contribution in [0.4, 0.5) is 0 Å². The highest BCUT2D eigenvalue weighted by Crippen LogP contribution is 2.23. The first kappa shape index (κ1) is 18.1. The third kappa shape index (κ3) is 5.11. The number of halogens is 1. The zero-order valence-electron chi connectivity index (χ0n) is 13.6. The number of ether oxygens (including phenoxy) is 1. The molecule has 2 aliphatic rings. The van der Waals surface area contributed by atoms with Crippen LogP contribution in [0, 0.1) is 11.8 Å². The van der Waals surface area contributed by atoms with Crippen molar-refractivity contribution >= 4 is 18.3 Å². The minimum absolute atomic E-state index is 0. The Bertz CT molecular complexity index is 469. The number of nitrogens with zero attached hydrogens (tertiary/aromatic N) is 1. The van der Waals surface area contributed by atoms with Gasteiger partial charge in [0.05, 0.1) is 6.61 Å². The lowest BCUT2D eigenvalue weighted by Gasteiger charge is -2.35. The molecule has 2 aliphatic heterocycles. The molecular formula is C18H27ClN2O2. The summed E-state index contributed by atoms with van der Waals surface area (Å²) >= 11 is 0. The molecule has 1 aromatic carbocycles. The van der Waals surface area contributed by atoms with E-state index in [-0.39, 0.29) is 18.3 Å². The van der Waals surface area contributed by atoms with Gasteiger partial charge in [-0.15, -0.1) is 12.4 Å². The average molecular weight is 339 g/mol. The van der Waals surface area contributed by atoms with Gasteiger partial charge in [-0.2, -0.15) is 0 Å². The van der Waals surface area contributed by atoms with Crippen molar-refractivity contribution in [1.29, 1.82) is 0 Å². The topological polar surface area (TPSA) is 41.6 Å². The Morgan fingerprint density at radius 1 is 1.09 bits per heavy atom. The van der Waals surface area contributed by atoms with Gasteiger partial charge in [-0.3, -0.25) is 4.79 Å². The smallest absolute Gasteiger partial charge is 0.225 e. The molecule has 1 amide bonds. The first-order valence-corrected chi connectivity index (χ1v) is 8.50. The van der Waals surface area contributed by atoms with Crippen molar-refractivity contribution in [2.45, 2.75) is 25.7 Å². The number of likely N-dealkylation sites (tertiary alicyclic amines) is 1. The Morgan fingerprint density at radius 3 is 2.39 bits per heavy atom. The zero-order valence-corrected chi connectivity index (χ0v) is 14.4. The van der Waals surface area contributed by atoms with Crippen LogP contribution in [-0.4, -0.2) is 43.6 Å². The number of hydrogen-bond acceptors (Lipinski definition) is 3. The van der Waals surface area contributed by atoms with Crippen molar-refractivity contribution < 1.29 is 9.53 Å². The fraction of sp³-hybridized carbons (Fsp3) is 0.611. The summed E-state index contributed by atoms with van der Waals surface area (Å²) in [6, 6.07) is 9.98. The molecule has 0 spiro atoms. The van der Waals surface area contributed by atoms with E-state index in [0.717, 1.165) is 64.2 Å². The summed E-state index contributed by atoms with van der Waals surface area (Å²) in [5.41, 5.74) is 0. The predicted molar refractivity (Wildman–Crippen MR) is 94.1 cm³/mol. The van der Waals surface area contributed by atoms with Crippen LogP contribution in [0.15, 0.2) is 30.3 Å². The van der Waals surface area contributed by atoms with Crippen LogP contribution < -0.4 is 10.1 Å². The summed E-state index contributed by atoms with van der Waals surface area (Å²) in [6.07, 6.45) is 4.11. The molecule has 2 heterocycles. The number of hydrogen-bond donors (Lipinski definition) is 1. The molecule has 128 valence electrons. The second-order valence-electron chi connectivity index (χ2n) is 6.42. The van der Waals surface area contributed by atoms with Gasteiger partial charge in [-0.1, -0.05) is 18.2 Å². The van der Waals surface area contributed by atoms with E-state index in [2.05, 4.69) is 10.2 Å². The van der Waals surface area contributed by atoms with Gasteiger partial charge in [0, 0.05) is 19.0 Å². The van der Waals surface area contributed by atoms with Gasteiger partial charge in [0.2, 0.25) is 5.91 Å². The average Bonchev–Trinajstić information content (AvgIpc) is 2.61. The highest BCUT2D eigenvalue weighted by Gasteiger charge is 2.29. The third-order valence-electron chi connectivity index (χ3n) is 4.84. The van der Waals surface area contributed by atoms with Gasteiger partial charge in [-0.25, -0.2) is 0 Å². The number of amides is 1. The van der Waals surface area contributed by atoms with Crippen molar-refractivity contribution in [2.75, 3.05) is 32.8 Å². The Labute approximate surface area is 145 Å². The third-order valence-corrected chi connectivity index (χ3v) is 4.84. The van der Waals surface area contributed by atoms with E-state index in [9.17, 15) is 4.79 Å². The van der Waals surface area contributed by atoms with Gasteiger partial charge in [-0.05, 0) is 56.8 Å². The second kappa shape index (κ2) is 9.14. The highest BCUT2D eigenvalue weighted by molar-refractivity contribution is 5.85. The van der Waals surface area contributed by atoms with E-state index in [1.165, 1.54) is 0 Å². The lowest BCUT2D eigenvalue weighted by atomic mass is 9.93. The molecule has 2 saturated heterocycles. The van der Waals surface area contributed by atoms with Crippen LogP contribution in [-0.2, 0) is 4.79 Å². The van der Waals surface area contributed by atoms with Gasteiger partial charge in [0.15, 0.2) is 0 Å². The molecule has 5 heteroatoms. The Kier molecular flexibility index (Phi) is 7.18. The molecule has 4 nitrogen and oxygen atoms in total. The molecule has 0 unspecified atom stereocenters. The maximum Gasteiger partial charge on any atom is 0.225 e. The maximum absolute atomic E-state index is 12.5. The Balaban J connectivity index is 0.00000192. The van der Waals surface area contributed by atoms with E-state index in [4.69, 9.17) is 4.74 Å². The van der Waals surface area contributed by atoms with E-state index in [1.807, 2.05) is 30.3 Å². The molecule has 0 bridgehead atoms. The lowest BCUT2D eigenvalue weighted by molar-refractivity contribution is -0.137. The zero-order chi connectivity index (χ0) is 15.2. The number of benzene rings is 1. The van der Waals surface area contributed by atoms with Crippen LogP contribution >= 0.6 is 12.4 Å². The molecule has 0 aromatic heterocycles. The summed E-state index contributed by atoms with van der Waals surface area (Å²) in [6.45, 7) is 4.52. The number of para-hydroxylation sites is 1. The Morgan fingerprint density at radius 2 is 1.74 bits per heavy atom. The molecule has 0 saturated carbocycles. The van der Waals surface area contributed by atoms with Gasteiger partial charge >= 0.3 is 0 Å². The SMILES string of the molecule is Cl.O=C(C1CCNCC1)N1CCC(COc2ccccc2)CC1. The number of rotatable bonds is 4. The maximum atomic E-state index is 12.5. The van der Waals surface area contributed by atoms with Gasteiger partial charge < -0.3 is 15.0 Å². The summed E-state index contributed by atoms with van der Waals surface area (Å²) in [5, 5.41) is 3.32. The van der Waals surface area contributed by atoms with E-state index in [1.54, 1.807) is 0 Å². The van der Waals surface area contributed by atoms with Crippen molar-refractivity contribution in [2.24, 2.45) is 11.8 Å². The van der Waals surface area contributed by atoms with Crippen molar-refractivity contribution in [3.8, 4) is 5.75 Å². The van der Waals surface area contributed by atoms with Crippen molar-refractivity contribution in [3.63, 3.8) is 0 Å². The number of piperidine rings is 2. The van der Waals surface area contributed by atoms with Gasteiger partial charge in [0.1, 0.15) is 5.75 Å². The lowest BCUT2D eigenvalue weighted by Crippen LogP contribution is -2.45. The molecule has 23 heavy (non-hydrogen) atoms. The normalized spacial score (nSPS) is 19.9.